The molecule has 6 nitrogen and oxygen atoms in total. The fourth-order valence-electron chi connectivity index (χ4n) is 3.74. The van der Waals surface area contributed by atoms with Crippen molar-refractivity contribution in [3.63, 3.8) is 0 Å². The van der Waals surface area contributed by atoms with Gasteiger partial charge in [-0.05, 0) is 50.2 Å². The van der Waals surface area contributed by atoms with Gasteiger partial charge in [-0.25, -0.2) is 15.0 Å². The van der Waals surface area contributed by atoms with Crippen LogP contribution in [0.15, 0.2) is 60.8 Å². The highest BCUT2D eigenvalue weighted by atomic mass is 16.7. The van der Waals surface area contributed by atoms with Crippen LogP contribution in [-0.4, -0.2) is 34.8 Å². The molecule has 0 amide bonds. The summed E-state index contributed by atoms with van der Waals surface area (Å²) in [5, 5.41) is 0.895. The molecule has 0 N–H and O–H groups in total. The highest BCUT2D eigenvalue weighted by Crippen LogP contribution is 2.40. The Morgan fingerprint density at radius 1 is 0.900 bits per heavy atom. The Morgan fingerprint density at radius 3 is 2.53 bits per heavy atom. The zero-order valence-corrected chi connectivity index (χ0v) is 17.0. The van der Waals surface area contributed by atoms with Crippen molar-refractivity contribution >= 4 is 16.7 Å². The number of fused-ring (bicyclic) bond motifs is 2. The number of pyridine rings is 1. The van der Waals surface area contributed by atoms with Crippen LogP contribution in [0.5, 0.6) is 11.5 Å². The molecule has 1 aliphatic heterocycles. The van der Waals surface area contributed by atoms with E-state index in [9.17, 15) is 0 Å². The Bertz CT molecular complexity index is 1200. The summed E-state index contributed by atoms with van der Waals surface area (Å²) in [4.78, 5) is 16.4. The van der Waals surface area contributed by atoms with Crippen molar-refractivity contribution in [1.29, 1.82) is 0 Å². The van der Waals surface area contributed by atoms with E-state index in [0.29, 0.717) is 23.0 Å². The Labute approximate surface area is 175 Å². The van der Waals surface area contributed by atoms with Crippen LogP contribution in [0.3, 0.4) is 0 Å². The Morgan fingerprint density at radius 2 is 1.73 bits per heavy atom. The van der Waals surface area contributed by atoms with Gasteiger partial charge in [0.15, 0.2) is 23.0 Å². The van der Waals surface area contributed by atoms with E-state index in [1.807, 2.05) is 30.3 Å². The lowest BCUT2D eigenvalue weighted by Gasteiger charge is -2.21. The molecule has 0 unspecified atom stereocenters. The summed E-state index contributed by atoms with van der Waals surface area (Å²) in [5.74, 6) is 1.97. The number of benzene rings is 2. The average Bonchev–Trinajstić information content (AvgIpc) is 3.29. The molecule has 5 rings (SSSR count). The second-order valence-electron chi connectivity index (χ2n) is 7.06. The number of rotatable bonds is 5. The Kier molecular flexibility index (Phi) is 4.67. The van der Waals surface area contributed by atoms with Gasteiger partial charge in [0.05, 0.1) is 11.3 Å². The van der Waals surface area contributed by atoms with Gasteiger partial charge in [0, 0.05) is 35.9 Å². The minimum absolute atomic E-state index is 0.214. The van der Waals surface area contributed by atoms with Crippen LogP contribution in [0.2, 0.25) is 0 Å². The Hall–Kier alpha value is -3.67. The van der Waals surface area contributed by atoms with Gasteiger partial charge in [0.2, 0.25) is 6.79 Å². The van der Waals surface area contributed by atoms with Gasteiger partial charge >= 0.3 is 0 Å². The quantitative estimate of drug-likeness (QED) is 0.475. The van der Waals surface area contributed by atoms with Crippen LogP contribution < -0.4 is 14.4 Å². The van der Waals surface area contributed by atoms with Crippen molar-refractivity contribution in [2.24, 2.45) is 0 Å². The van der Waals surface area contributed by atoms with Crippen molar-refractivity contribution in [3.8, 4) is 34.1 Å². The molecule has 0 bridgehead atoms. The molecule has 0 saturated heterocycles. The van der Waals surface area contributed by atoms with Crippen molar-refractivity contribution in [3.05, 3.63) is 60.8 Å². The molecular formula is C24H22N4O2. The third-order valence-corrected chi connectivity index (χ3v) is 5.37. The second-order valence-corrected chi connectivity index (χ2v) is 7.06. The minimum Gasteiger partial charge on any atom is -0.454 e. The van der Waals surface area contributed by atoms with Crippen LogP contribution in [-0.2, 0) is 0 Å². The molecule has 150 valence electrons. The van der Waals surface area contributed by atoms with Crippen LogP contribution in [0.1, 0.15) is 13.8 Å². The maximum Gasteiger partial charge on any atom is 0.231 e. The van der Waals surface area contributed by atoms with Gasteiger partial charge < -0.3 is 14.4 Å². The van der Waals surface area contributed by atoms with Gasteiger partial charge in [-0.2, -0.15) is 0 Å². The summed E-state index contributed by atoms with van der Waals surface area (Å²) < 4.78 is 11.1. The number of aromatic nitrogens is 3. The van der Waals surface area contributed by atoms with Gasteiger partial charge in [-0.1, -0.05) is 18.2 Å². The highest BCUT2D eigenvalue weighted by Gasteiger charge is 2.20. The van der Waals surface area contributed by atoms with E-state index in [0.717, 1.165) is 35.3 Å². The second kappa shape index (κ2) is 7.63. The van der Waals surface area contributed by atoms with E-state index in [1.54, 1.807) is 6.20 Å². The molecule has 6 heteroatoms. The molecule has 3 heterocycles. The maximum atomic E-state index is 5.61. The van der Waals surface area contributed by atoms with Crippen LogP contribution in [0.4, 0.5) is 5.69 Å². The lowest BCUT2D eigenvalue weighted by Crippen LogP contribution is -2.21. The summed E-state index contributed by atoms with van der Waals surface area (Å²) >= 11 is 0. The highest BCUT2D eigenvalue weighted by molar-refractivity contribution is 5.80. The van der Waals surface area contributed by atoms with Gasteiger partial charge in [0.25, 0.3) is 0 Å². The van der Waals surface area contributed by atoms with Crippen molar-refractivity contribution in [2.45, 2.75) is 13.8 Å². The summed E-state index contributed by atoms with van der Waals surface area (Å²) in [6.45, 7) is 6.52. The van der Waals surface area contributed by atoms with Crippen molar-refractivity contribution in [2.75, 3.05) is 24.8 Å². The normalized spacial score (nSPS) is 12.3. The topological polar surface area (TPSA) is 60.4 Å². The van der Waals surface area contributed by atoms with E-state index < -0.39 is 0 Å². The maximum absolute atomic E-state index is 5.61. The third kappa shape index (κ3) is 3.20. The van der Waals surface area contributed by atoms with Crippen molar-refractivity contribution < 1.29 is 9.47 Å². The Balaban J connectivity index is 1.52. The molecule has 1 aliphatic rings. The van der Waals surface area contributed by atoms with E-state index in [2.05, 4.69) is 48.0 Å². The number of anilines is 1. The fraction of sp³-hybridized carbons (Fsp3) is 0.208. The summed E-state index contributed by atoms with van der Waals surface area (Å²) in [6.07, 6.45) is 1.80. The summed E-state index contributed by atoms with van der Waals surface area (Å²) in [5.41, 5.74) is 4.63. The molecule has 2 aromatic carbocycles. The molecule has 0 saturated carbocycles. The molecule has 0 fully saturated rings. The predicted octanol–water partition coefficient (Wildman–Crippen LogP) is 4.93. The first-order valence-electron chi connectivity index (χ1n) is 10.1. The summed E-state index contributed by atoms with van der Waals surface area (Å²) in [6, 6.07) is 18.3. The lowest BCUT2D eigenvalue weighted by atomic mass is 10.1. The zero-order valence-electron chi connectivity index (χ0n) is 17.0. The first-order valence-corrected chi connectivity index (χ1v) is 10.1. The van der Waals surface area contributed by atoms with Gasteiger partial charge in [0.1, 0.15) is 0 Å². The third-order valence-electron chi connectivity index (χ3n) is 5.37. The minimum atomic E-state index is 0.214. The first kappa shape index (κ1) is 18.4. The van der Waals surface area contributed by atoms with Crippen LogP contribution in [0, 0.1) is 0 Å². The van der Waals surface area contributed by atoms with Crippen LogP contribution in [0.25, 0.3) is 33.7 Å². The van der Waals surface area contributed by atoms with Crippen LogP contribution >= 0.6 is 0 Å². The number of hydrogen-bond acceptors (Lipinski definition) is 6. The number of ether oxygens (including phenoxy) is 2. The fourth-order valence-corrected chi connectivity index (χ4v) is 3.74. The molecule has 2 aromatic heterocycles. The largest absolute Gasteiger partial charge is 0.454 e. The van der Waals surface area contributed by atoms with E-state index >= 15 is 0 Å². The number of para-hydroxylation sites is 1. The summed E-state index contributed by atoms with van der Waals surface area (Å²) in [7, 11) is 0. The van der Waals surface area contributed by atoms with Gasteiger partial charge in [-0.3, -0.25) is 0 Å². The first-order chi connectivity index (χ1) is 14.8. The van der Waals surface area contributed by atoms with Gasteiger partial charge in [-0.15, -0.1) is 0 Å². The zero-order chi connectivity index (χ0) is 20.5. The molecule has 0 aliphatic carbocycles. The average molecular weight is 398 g/mol. The molecule has 0 radical (unpaired) electrons. The molecule has 0 spiro atoms. The standard InChI is InChI=1S/C24H22N4O2/c1-3-28(4-2)18-11-8-16(9-12-18)20-13-10-17-14-25-24(27-23(17)26-20)19-6-5-7-21-22(19)30-15-29-21/h5-14H,3-4,15H2,1-2H3. The van der Waals surface area contributed by atoms with E-state index in [-0.39, 0.29) is 6.79 Å². The smallest absolute Gasteiger partial charge is 0.231 e. The SMILES string of the molecule is CCN(CC)c1ccc(-c2ccc3cnc(-c4cccc5c4OCO5)nc3n2)cc1. The van der Waals surface area contributed by atoms with Crippen molar-refractivity contribution in [1.82, 2.24) is 15.0 Å². The molecule has 4 aromatic rings. The number of nitrogens with zero attached hydrogens (tertiary/aromatic N) is 4. The molecule has 0 atom stereocenters. The van der Waals surface area contributed by atoms with E-state index in [1.165, 1.54) is 5.69 Å². The number of hydrogen-bond donors (Lipinski definition) is 0. The monoisotopic (exact) mass is 398 g/mol. The molecule has 30 heavy (non-hydrogen) atoms. The predicted molar refractivity (Wildman–Crippen MR) is 118 cm³/mol. The lowest BCUT2D eigenvalue weighted by molar-refractivity contribution is 0.174. The molecular weight excluding hydrogens is 376 g/mol. The van der Waals surface area contributed by atoms with E-state index in [4.69, 9.17) is 19.4 Å².